The molecule has 32 heavy (non-hydrogen) atoms. The molecule has 2 bridgehead atoms. The van der Waals surface area contributed by atoms with Crippen molar-refractivity contribution < 1.29 is 23.0 Å². The number of amides is 1. The van der Waals surface area contributed by atoms with E-state index in [1.54, 1.807) is 24.3 Å². The molecule has 3 aliphatic heterocycles. The number of benzene rings is 2. The number of hydrogen-bond acceptors (Lipinski definition) is 4. The van der Waals surface area contributed by atoms with Crippen molar-refractivity contribution in [2.24, 2.45) is 5.92 Å². The Labute approximate surface area is 186 Å². The molecule has 2 aromatic carbocycles. The number of ether oxygens (including phenoxy) is 2. The monoisotopic (exact) mass is 442 g/mol. The number of fused-ring (bicyclic) bond motifs is 4. The minimum Gasteiger partial charge on any atom is -0.445 e. The van der Waals surface area contributed by atoms with Crippen molar-refractivity contribution in [2.75, 3.05) is 19.6 Å². The van der Waals surface area contributed by atoms with Crippen LogP contribution in [0, 0.1) is 5.92 Å². The van der Waals surface area contributed by atoms with Crippen LogP contribution in [0.1, 0.15) is 42.9 Å². The molecule has 1 unspecified atom stereocenters. The van der Waals surface area contributed by atoms with Crippen LogP contribution >= 0.6 is 0 Å². The van der Waals surface area contributed by atoms with Gasteiger partial charge in [-0.05, 0) is 85.5 Å². The molecular weight excluding hydrogens is 414 g/mol. The topological polar surface area (TPSA) is 50.8 Å². The molecule has 0 aromatic heterocycles. The Morgan fingerprint density at radius 1 is 1.03 bits per heavy atom. The number of nitrogens with zero attached hydrogens (tertiary/aromatic N) is 1. The molecule has 0 spiro atoms. The van der Waals surface area contributed by atoms with E-state index in [1.165, 1.54) is 5.56 Å². The van der Waals surface area contributed by atoms with Crippen molar-refractivity contribution in [2.45, 2.75) is 50.9 Å². The zero-order valence-corrected chi connectivity index (χ0v) is 17.9. The summed E-state index contributed by atoms with van der Waals surface area (Å²) >= 11 is 0. The minimum atomic E-state index is -2.83. The number of aryl methyl sites for hydroxylation is 1. The molecule has 0 radical (unpaired) electrons. The summed E-state index contributed by atoms with van der Waals surface area (Å²) in [7, 11) is 0. The predicted molar refractivity (Wildman–Crippen MR) is 117 cm³/mol. The van der Waals surface area contributed by atoms with E-state index in [-0.39, 0.29) is 24.0 Å². The van der Waals surface area contributed by atoms with Gasteiger partial charge in [0.25, 0.3) is 0 Å². The molecule has 5 nitrogen and oxygen atoms in total. The smallest absolute Gasteiger partial charge is 0.407 e. The fourth-order valence-corrected chi connectivity index (χ4v) is 5.33. The summed E-state index contributed by atoms with van der Waals surface area (Å²) < 4.78 is 35.0. The highest BCUT2D eigenvalue weighted by Gasteiger charge is 2.37. The first-order valence-electron chi connectivity index (χ1n) is 11.4. The quantitative estimate of drug-likeness (QED) is 0.696. The van der Waals surface area contributed by atoms with Gasteiger partial charge in [0, 0.05) is 6.54 Å². The second-order valence-electron chi connectivity index (χ2n) is 8.99. The zero-order valence-electron chi connectivity index (χ0n) is 17.9. The number of rotatable bonds is 5. The van der Waals surface area contributed by atoms with Crippen LogP contribution in [-0.4, -0.2) is 43.3 Å². The minimum absolute atomic E-state index is 0.0000380. The Kier molecular flexibility index (Phi) is 6.00. The number of alkyl halides is 2. The fraction of sp³-hybridized carbons (Fsp3) is 0.480. The van der Waals surface area contributed by atoms with Gasteiger partial charge in [0.15, 0.2) is 0 Å². The number of carbonyl (C=O) groups is 1. The Morgan fingerprint density at radius 3 is 2.47 bits per heavy atom. The van der Waals surface area contributed by atoms with Crippen LogP contribution in [0.4, 0.5) is 13.6 Å². The molecule has 170 valence electrons. The van der Waals surface area contributed by atoms with Gasteiger partial charge >= 0.3 is 12.7 Å². The molecule has 3 saturated heterocycles. The molecule has 3 fully saturated rings. The zero-order chi connectivity index (χ0) is 22.1. The lowest BCUT2D eigenvalue weighted by atomic mass is 9.85. The highest BCUT2D eigenvalue weighted by Crippen LogP contribution is 2.34. The van der Waals surface area contributed by atoms with Gasteiger partial charge in [-0.3, -0.25) is 4.90 Å². The molecule has 7 heteroatoms. The van der Waals surface area contributed by atoms with Crippen LogP contribution in [0.5, 0.6) is 5.75 Å². The molecule has 1 amide bonds. The maximum absolute atomic E-state index is 12.6. The van der Waals surface area contributed by atoms with Gasteiger partial charge in [-0.2, -0.15) is 8.78 Å². The van der Waals surface area contributed by atoms with Gasteiger partial charge in [-0.15, -0.1) is 0 Å². The summed E-state index contributed by atoms with van der Waals surface area (Å²) in [6, 6.07) is 12.8. The van der Waals surface area contributed by atoms with Crippen LogP contribution in [0.15, 0.2) is 42.5 Å². The summed E-state index contributed by atoms with van der Waals surface area (Å²) in [6.07, 6.45) is 4.73. The van der Waals surface area contributed by atoms with Crippen molar-refractivity contribution in [1.29, 1.82) is 0 Å². The molecule has 3 heterocycles. The van der Waals surface area contributed by atoms with Gasteiger partial charge in [0.1, 0.15) is 11.9 Å². The van der Waals surface area contributed by atoms with Crippen LogP contribution in [-0.2, 0) is 11.2 Å². The van der Waals surface area contributed by atoms with E-state index in [2.05, 4.69) is 27.1 Å². The normalized spacial score (nSPS) is 26.5. The van der Waals surface area contributed by atoms with Gasteiger partial charge < -0.3 is 14.8 Å². The van der Waals surface area contributed by atoms with Gasteiger partial charge in [-0.25, -0.2) is 4.79 Å². The molecule has 1 aliphatic carbocycles. The Bertz CT molecular complexity index is 958. The SMILES string of the molecule is O=C(NC1CCCc2cc(-c3ccc(OC(F)F)cc3)ccc21)O[C@H]1CN2CCC1CC2. The van der Waals surface area contributed by atoms with Crippen molar-refractivity contribution >= 4 is 6.09 Å². The first-order valence-corrected chi connectivity index (χ1v) is 11.4. The van der Waals surface area contributed by atoms with E-state index in [4.69, 9.17) is 4.74 Å². The van der Waals surface area contributed by atoms with Crippen LogP contribution in [0.2, 0.25) is 0 Å². The second-order valence-corrected chi connectivity index (χ2v) is 8.99. The molecule has 0 saturated carbocycles. The maximum atomic E-state index is 12.6. The third kappa shape index (κ3) is 4.58. The second kappa shape index (κ2) is 9.06. The predicted octanol–water partition coefficient (Wildman–Crippen LogP) is 5.15. The standard InChI is InChI=1S/C25H28F2N2O3/c26-24(27)31-20-7-4-16(5-8-20)18-6-9-21-19(14-18)2-1-3-22(21)28-25(30)32-23-15-29-12-10-17(23)11-13-29/h4-9,14,17,22-24H,1-3,10-13,15H2,(H,28,30)/t22?,23-/m0/s1. The Balaban J connectivity index is 1.25. The number of nitrogens with one attached hydrogen (secondary N) is 1. The summed E-state index contributed by atoms with van der Waals surface area (Å²) in [5.41, 5.74) is 4.28. The Morgan fingerprint density at radius 2 is 1.78 bits per heavy atom. The number of carbonyl (C=O) groups excluding carboxylic acids is 1. The van der Waals surface area contributed by atoms with E-state index in [0.717, 1.165) is 68.4 Å². The van der Waals surface area contributed by atoms with E-state index >= 15 is 0 Å². The van der Waals surface area contributed by atoms with Gasteiger partial charge in [-0.1, -0.05) is 30.3 Å². The average molecular weight is 443 g/mol. The van der Waals surface area contributed by atoms with E-state index in [1.807, 2.05) is 6.07 Å². The Hall–Kier alpha value is -2.67. The maximum Gasteiger partial charge on any atom is 0.407 e. The lowest BCUT2D eigenvalue weighted by Gasteiger charge is -2.44. The van der Waals surface area contributed by atoms with Crippen molar-refractivity contribution in [3.05, 3.63) is 53.6 Å². The van der Waals surface area contributed by atoms with Crippen LogP contribution in [0.25, 0.3) is 11.1 Å². The van der Waals surface area contributed by atoms with E-state index < -0.39 is 6.61 Å². The molecule has 2 aromatic rings. The number of alkyl carbamates (subject to hydrolysis) is 1. The molecular formula is C25H28F2N2O3. The third-order valence-electron chi connectivity index (χ3n) is 7.02. The lowest BCUT2D eigenvalue weighted by molar-refractivity contribution is -0.0498. The van der Waals surface area contributed by atoms with Crippen molar-refractivity contribution in [3.63, 3.8) is 0 Å². The van der Waals surface area contributed by atoms with E-state index in [0.29, 0.717) is 5.92 Å². The van der Waals surface area contributed by atoms with Gasteiger partial charge in [0.2, 0.25) is 0 Å². The number of piperidine rings is 3. The summed E-state index contributed by atoms with van der Waals surface area (Å²) in [5.74, 6) is 0.636. The molecule has 1 N–H and O–H groups in total. The van der Waals surface area contributed by atoms with Crippen LogP contribution < -0.4 is 10.1 Å². The third-order valence-corrected chi connectivity index (χ3v) is 7.02. The summed E-state index contributed by atoms with van der Waals surface area (Å²) in [6.45, 7) is 0.259. The molecule has 2 atom stereocenters. The van der Waals surface area contributed by atoms with Crippen molar-refractivity contribution in [1.82, 2.24) is 10.2 Å². The fourth-order valence-electron chi connectivity index (χ4n) is 5.33. The summed E-state index contributed by atoms with van der Waals surface area (Å²) in [4.78, 5) is 15.0. The largest absolute Gasteiger partial charge is 0.445 e. The first kappa shape index (κ1) is 21.2. The van der Waals surface area contributed by atoms with Gasteiger partial charge in [0.05, 0.1) is 6.04 Å². The van der Waals surface area contributed by atoms with Crippen LogP contribution in [0.3, 0.4) is 0 Å². The van der Waals surface area contributed by atoms with Crippen molar-refractivity contribution in [3.8, 4) is 16.9 Å². The molecule has 4 aliphatic rings. The summed E-state index contributed by atoms with van der Waals surface area (Å²) in [5, 5.41) is 3.10. The highest BCUT2D eigenvalue weighted by atomic mass is 19.3. The number of hydrogen-bond donors (Lipinski definition) is 1. The highest BCUT2D eigenvalue weighted by molar-refractivity contribution is 5.69. The average Bonchev–Trinajstić information content (AvgIpc) is 2.80. The lowest BCUT2D eigenvalue weighted by Crippen LogP contribution is -2.52. The van der Waals surface area contributed by atoms with E-state index in [9.17, 15) is 13.6 Å². The molecule has 6 rings (SSSR count). The number of halogens is 2. The first-order chi connectivity index (χ1) is 15.5.